The highest BCUT2D eigenvalue weighted by Crippen LogP contribution is 2.39. The highest BCUT2D eigenvalue weighted by Gasteiger charge is 2.54. The number of hydrazone groups is 1. The number of rotatable bonds is 5. The van der Waals surface area contributed by atoms with Gasteiger partial charge in [0.2, 0.25) is 5.91 Å². The Hall–Kier alpha value is -2.33. The Kier molecular flexibility index (Phi) is 4.58. The summed E-state index contributed by atoms with van der Waals surface area (Å²) >= 11 is 2.83. The van der Waals surface area contributed by atoms with Crippen molar-refractivity contribution in [2.45, 2.75) is 17.8 Å². The highest BCUT2D eigenvalue weighted by molar-refractivity contribution is 8.00. The highest BCUT2D eigenvalue weighted by atomic mass is 32.2. The molecule has 1 aromatic heterocycles. The first kappa shape index (κ1) is 16.5. The van der Waals surface area contributed by atoms with Crippen LogP contribution < -0.4 is 11.2 Å². The Morgan fingerprint density at radius 3 is 2.96 bits per heavy atom. The minimum Gasteiger partial charge on any atom is -0.477 e. The molecule has 2 aliphatic rings. The van der Waals surface area contributed by atoms with E-state index in [0.717, 1.165) is 4.88 Å². The second-order valence-electron chi connectivity index (χ2n) is 5.17. The lowest BCUT2D eigenvalue weighted by Gasteiger charge is -2.49. The topological polar surface area (TPSA) is 125 Å². The van der Waals surface area contributed by atoms with Crippen molar-refractivity contribution in [1.29, 1.82) is 0 Å². The number of β-lactam (4-membered cyclic amide) rings is 1. The van der Waals surface area contributed by atoms with Crippen LogP contribution in [0.15, 0.2) is 33.9 Å². The average Bonchev–Trinajstić information content (AvgIpc) is 3.05. The number of carboxylic acids is 1. The van der Waals surface area contributed by atoms with Gasteiger partial charge in [-0.15, -0.1) is 23.1 Å². The first-order chi connectivity index (χ1) is 11.5. The molecule has 10 heteroatoms. The van der Waals surface area contributed by atoms with E-state index < -0.39 is 23.3 Å². The summed E-state index contributed by atoms with van der Waals surface area (Å²) in [6, 6.07) is 2.98. The molecule has 24 heavy (non-hydrogen) atoms. The molecule has 0 saturated carbocycles. The van der Waals surface area contributed by atoms with E-state index in [0.29, 0.717) is 11.3 Å². The molecule has 1 unspecified atom stereocenters. The molecular weight excluding hydrogens is 352 g/mol. The maximum atomic E-state index is 12.3. The number of carbonyl (C=O) groups excluding carboxylic acids is 2. The first-order valence-corrected chi connectivity index (χ1v) is 8.92. The minimum atomic E-state index is -1.22. The van der Waals surface area contributed by atoms with Crippen molar-refractivity contribution < 1.29 is 19.5 Å². The molecule has 126 valence electrons. The van der Waals surface area contributed by atoms with E-state index in [1.807, 2.05) is 17.5 Å². The molecule has 0 aromatic carbocycles. The van der Waals surface area contributed by atoms with Gasteiger partial charge in [-0.1, -0.05) is 6.07 Å². The largest absolute Gasteiger partial charge is 0.477 e. The molecule has 3 rings (SSSR count). The van der Waals surface area contributed by atoms with E-state index in [-0.39, 0.29) is 18.0 Å². The molecular formula is C14H14N4O4S2. The third kappa shape index (κ3) is 2.89. The van der Waals surface area contributed by atoms with E-state index in [4.69, 9.17) is 5.84 Å². The summed E-state index contributed by atoms with van der Waals surface area (Å²) in [6.45, 7) is 0. The monoisotopic (exact) mass is 366 g/mol. The number of hydrogen-bond donors (Lipinski definition) is 3. The van der Waals surface area contributed by atoms with Crippen LogP contribution in [0.1, 0.15) is 4.88 Å². The fraction of sp³-hybridized carbons (Fsp3) is 0.286. The molecule has 4 N–H and O–H groups in total. The van der Waals surface area contributed by atoms with E-state index in [9.17, 15) is 19.5 Å². The molecule has 0 bridgehead atoms. The summed E-state index contributed by atoms with van der Waals surface area (Å²) < 4.78 is 0. The van der Waals surface area contributed by atoms with Crippen LogP contribution in [0.5, 0.6) is 0 Å². The smallest absolute Gasteiger partial charge is 0.353 e. The fourth-order valence-corrected chi connectivity index (χ4v) is 4.63. The van der Waals surface area contributed by atoms with Crippen molar-refractivity contribution in [2.75, 3.05) is 5.75 Å². The van der Waals surface area contributed by atoms with Crippen LogP contribution >= 0.6 is 23.1 Å². The zero-order valence-corrected chi connectivity index (χ0v) is 14.0. The van der Waals surface area contributed by atoms with E-state index >= 15 is 0 Å². The number of thiophene rings is 1. The molecule has 1 fully saturated rings. The second-order valence-corrected chi connectivity index (χ2v) is 7.31. The van der Waals surface area contributed by atoms with Gasteiger partial charge >= 0.3 is 5.97 Å². The molecule has 2 aliphatic heterocycles. The van der Waals surface area contributed by atoms with Gasteiger partial charge in [0.25, 0.3) is 5.91 Å². The SMILES string of the molecule is NN=CC1=C(C(=O)O)N2C(=O)C(NC(=O)Cc3cccs3)[C@@H]2SC1. The van der Waals surface area contributed by atoms with Gasteiger partial charge in [0, 0.05) is 16.2 Å². The zero-order valence-electron chi connectivity index (χ0n) is 12.3. The van der Waals surface area contributed by atoms with Gasteiger partial charge in [0.1, 0.15) is 17.1 Å². The lowest BCUT2D eigenvalue weighted by molar-refractivity contribution is -0.150. The summed E-state index contributed by atoms with van der Waals surface area (Å²) in [6.07, 6.45) is 1.44. The van der Waals surface area contributed by atoms with Crippen molar-refractivity contribution in [3.8, 4) is 0 Å². The zero-order chi connectivity index (χ0) is 17.3. The summed E-state index contributed by atoms with van der Waals surface area (Å²) in [5.74, 6) is 3.53. The van der Waals surface area contributed by atoms with Gasteiger partial charge in [-0.3, -0.25) is 14.5 Å². The van der Waals surface area contributed by atoms with Gasteiger partial charge in [0.05, 0.1) is 12.6 Å². The van der Waals surface area contributed by atoms with Gasteiger partial charge in [0.15, 0.2) is 0 Å². The van der Waals surface area contributed by atoms with Crippen molar-refractivity contribution in [3.05, 3.63) is 33.7 Å². The summed E-state index contributed by atoms with van der Waals surface area (Å²) in [7, 11) is 0. The number of amides is 2. The van der Waals surface area contributed by atoms with Crippen LogP contribution in [0.3, 0.4) is 0 Å². The van der Waals surface area contributed by atoms with Crippen LogP contribution in [-0.4, -0.2) is 51.2 Å². The Morgan fingerprint density at radius 1 is 1.54 bits per heavy atom. The number of nitrogens with one attached hydrogen (secondary N) is 1. The normalized spacial score (nSPS) is 23.2. The van der Waals surface area contributed by atoms with E-state index in [2.05, 4.69) is 10.4 Å². The Morgan fingerprint density at radius 2 is 2.33 bits per heavy atom. The molecule has 2 amide bonds. The number of thioether (sulfide) groups is 1. The summed E-state index contributed by atoms with van der Waals surface area (Å²) in [4.78, 5) is 37.9. The minimum absolute atomic E-state index is 0.123. The number of carbonyl (C=O) groups is 3. The number of hydrogen-bond acceptors (Lipinski definition) is 7. The average molecular weight is 366 g/mol. The van der Waals surface area contributed by atoms with Gasteiger partial charge in [-0.2, -0.15) is 5.10 Å². The van der Waals surface area contributed by atoms with Gasteiger partial charge < -0.3 is 16.3 Å². The van der Waals surface area contributed by atoms with Crippen LogP contribution in [0.25, 0.3) is 0 Å². The quantitative estimate of drug-likeness (QED) is 0.291. The number of carboxylic acid groups (broad SMARTS) is 1. The fourth-order valence-electron chi connectivity index (χ4n) is 2.63. The van der Waals surface area contributed by atoms with Crippen LogP contribution in [0, 0.1) is 0 Å². The van der Waals surface area contributed by atoms with Crippen molar-refractivity contribution in [3.63, 3.8) is 0 Å². The van der Waals surface area contributed by atoms with Crippen molar-refractivity contribution >= 4 is 47.1 Å². The molecule has 0 radical (unpaired) electrons. The third-order valence-corrected chi connectivity index (χ3v) is 5.84. The lowest BCUT2D eigenvalue weighted by Crippen LogP contribution is -2.70. The molecule has 8 nitrogen and oxygen atoms in total. The molecule has 0 spiro atoms. The van der Waals surface area contributed by atoms with Crippen LogP contribution in [0.4, 0.5) is 0 Å². The van der Waals surface area contributed by atoms with Gasteiger partial charge in [-0.05, 0) is 11.4 Å². The molecule has 2 atom stereocenters. The van der Waals surface area contributed by atoms with E-state index in [1.54, 1.807) is 0 Å². The second kappa shape index (κ2) is 6.65. The molecule has 0 aliphatic carbocycles. The van der Waals surface area contributed by atoms with Gasteiger partial charge in [-0.25, -0.2) is 4.79 Å². The van der Waals surface area contributed by atoms with Crippen LogP contribution in [-0.2, 0) is 20.8 Å². The molecule has 1 saturated heterocycles. The lowest BCUT2D eigenvalue weighted by atomic mass is 10.0. The maximum Gasteiger partial charge on any atom is 0.353 e. The Labute approximate surface area is 145 Å². The Bertz CT molecular complexity index is 744. The summed E-state index contributed by atoms with van der Waals surface area (Å²) in [5.41, 5.74) is 0.254. The predicted octanol–water partition coefficient (Wildman–Crippen LogP) is -0.0263. The predicted molar refractivity (Wildman–Crippen MR) is 90.4 cm³/mol. The van der Waals surface area contributed by atoms with E-state index in [1.165, 1.54) is 34.2 Å². The number of nitrogens with zero attached hydrogens (tertiary/aromatic N) is 2. The first-order valence-electron chi connectivity index (χ1n) is 6.99. The summed E-state index contributed by atoms with van der Waals surface area (Å²) in [5, 5.41) is 16.9. The van der Waals surface area contributed by atoms with Crippen molar-refractivity contribution in [1.82, 2.24) is 10.2 Å². The molecule has 3 heterocycles. The number of nitrogens with two attached hydrogens (primary N) is 1. The van der Waals surface area contributed by atoms with Crippen molar-refractivity contribution in [2.24, 2.45) is 10.9 Å². The third-order valence-electron chi connectivity index (χ3n) is 3.66. The molecule has 1 aromatic rings. The Balaban J connectivity index is 1.72. The number of aliphatic carboxylic acids is 1. The number of fused-ring (bicyclic) bond motifs is 1. The standard InChI is InChI=1S/C14H14N4O4S2/c15-16-5-7-6-24-13-10(12(20)18(13)11(7)14(21)22)17-9(19)4-8-2-1-3-23-8/h1-3,5,10,13H,4,6,15H2,(H,17,19)(H,21,22)/t10?,13-/m0/s1. The van der Waals surface area contributed by atoms with Crippen LogP contribution in [0.2, 0.25) is 0 Å². The maximum absolute atomic E-state index is 12.3.